The number of hydrogen-bond acceptors (Lipinski definition) is 6. The summed E-state index contributed by atoms with van der Waals surface area (Å²) in [6.45, 7) is 0. The maximum absolute atomic E-state index is 10.8. The van der Waals surface area contributed by atoms with Crippen LogP contribution in [0.2, 0.25) is 0 Å². The molecule has 0 bridgehead atoms. The number of phenolic OH excluding ortho intramolecular Hbond substituents is 5. The fourth-order valence-corrected chi connectivity index (χ4v) is 6.50. The highest BCUT2D eigenvalue weighted by Crippen LogP contribution is 2.66. The lowest BCUT2D eigenvalue weighted by Gasteiger charge is -2.58. The number of fused-ring (bicyclic) bond motifs is 4. The van der Waals surface area contributed by atoms with Crippen LogP contribution in [-0.4, -0.2) is 25.5 Å². The summed E-state index contributed by atoms with van der Waals surface area (Å²) in [6.07, 6.45) is 8.64. The number of ether oxygens (including phenoxy) is 1. The Balaban J connectivity index is 1.80. The molecule has 6 heteroatoms. The quantitative estimate of drug-likeness (QED) is 0.426. The molecule has 0 amide bonds. The van der Waals surface area contributed by atoms with Crippen LogP contribution < -0.4 is 4.74 Å². The van der Waals surface area contributed by atoms with E-state index in [1.807, 2.05) is 6.07 Å². The van der Waals surface area contributed by atoms with Gasteiger partial charge in [0, 0.05) is 22.5 Å². The summed E-state index contributed by atoms with van der Waals surface area (Å²) >= 11 is 0. The number of aromatic hydroxyl groups is 5. The summed E-state index contributed by atoms with van der Waals surface area (Å²) in [4.78, 5) is 0. The van der Waals surface area contributed by atoms with Crippen LogP contribution in [0.1, 0.15) is 68.9 Å². The Hall–Kier alpha value is -2.76. The summed E-state index contributed by atoms with van der Waals surface area (Å²) in [6, 6.07) is 6.40. The van der Waals surface area contributed by atoms with E-state index in [-0.39, 0.29) is 40.1 Å². The lowest BCUT2D eigenvalue weighted by Crippen LogP contribution is -2.57. The fourth-order valence-electron chi connectivity index (χ4n) is 6.50. The lowest BCUT2D eigenvalue weighted by atomic mass is 9.51. The minimum Gasteiger partial charge on any atom is -0.504 e. The molecule has 2 aromatic rings. The van der Waals surface area contributed by atoms with Crippen molar-refractivity contribution in [1.29, 1.82) is 0 Å². The second kappa shape index (κ2) is 6.62. The Labute approximate surface area is 175 Å². The van der Waals surface area contributed by atoms with Gasteiger partial charge in [-0.05, 0) is 50.3 Å². The molecule has 2 fully saturated rings. The molecular weight excluding hydrogens is 384 g/mol. The molecule has 2 aromatic carbocycles. The number of hydrogen-bond donors (Lipinski definition) is 5. The summed E-state index contributed by atoms with van der Waals surface area (Å²) < 4.78 is 6.56. The zero-order valence-electron chi connectivity index (χ0n) is 16.9. The topological polar surface area (TPSA) is 110 Å². The normalized spacial score (nSPS) is 27.1. The number of benzene rings is 2. The Morgan fingerprint density at radius 3 is 2.03 bits per heavy atom. The summed E-state index contributed by atoms with van der Waals surface area (Å²) in [5.41, 5.74) is 0.170. The van der Waals surface area contributed by atoms with Crippen molar-refractivity contribution in [2.75, 3.05) is 0 Å². The molecule has 2 aliphatic carbocycles. The Morgan fingerprint density at radius 1 is 0.667 bits per heavy atom. The predicted octanol–water partition coefficient (Wildman–Crippen LogP) is 4.89. The van der Waals surface area contributed by atoms with Crippen molar-refractivity contribution in [1.82, 2.24) is 0 Å². The first kappa shape index (κ1) is 19.2. The minimum atomic E-state index is -0.955. The first-order valence-electron chi connectivity index (χ1n) is 10.9. The maximum atomic E-state index is 10.8. The van der Waals surface area contributed by atoms with E-state index in [1.165, 1.54) is 12.1 Å². The molecule has 0 aromatic heterocycles. The molecule has 1 heterocycles. The van der Waals surface area contributed by atoms with Crippen molar-refractivity contribution >= 4 is 0 Å². The van der Waals surface area contributed by atoms with E-state index in [4.69, 9.17) is 4.74 Å². The Morgan fingerprint density at radius 2 is 1.30 bits per heavy atom. The highest BCUT2D eigenvalue weighted by molar-refractivity contribution is 5.61. The molecule has 5 rings (SSSR count). The highest BCUT2D eigenvalue weighted by atomic mass is 16.5. The van der Waals surface area contributed by atoms with E-state index in [0.717, 1.165) is 56.9 Å². The maximum Gasteiger partial charge on any atom is 0.200 e. The largest absolute Gasteiger partial charge is 0.504 e. The molecule has 3 aliphatic rings. The third kappa shape index (κ3) is 2.42. The van der Waals surface area contributed by atoms with E-state index in [0.29, 0.717) is 12.0 Å². The average molecular weight is 412 g/mol. The van der Waals surface area contributed by atoms with E-state index in [9.17, 15) is 25.5 Å². The van der Waals surface area contributed by atoms with Crippen molar-refractivity contribution < 1.29 is 30.3 Å². The van der Waals surface area contributed by atoms with Gasteiger partial charge in [0.1, 0.15) is 5.60 Å². The van der Waals surface area contributed by atoms with Crippen molar-refractivity contribution in [3.8, 4) is 34.5 Å². The SMILES string of the molecule is Oc1ccc([C@@]23CCCC[C@@H]2C2(CCCCC2)c2ccc(O)c(O)c2O3)c(O)c1O. The zero-order chi connectivity index (χ0) is 21.1. The van der Waals surface area contributed by atoms with Crippen LogP contribution in [0.4, 0.5) is 0 Å². The number of rotatable bonds is 1. The van der Waals surface area contributed by atoms with Crippen molar-refractivity contribution in [3.05, 3.63) is 35.4 Å². The first-order valence-corrected chi connectivity index (χ1v) is 10.9. The third-order valence-electron chi connectivity index (χ3n) is 7.78. The summed E-state index contributed by atoms with van der Waals surface area (Å²) in [5, 5.41) is 51.9. The summed E-state index contributed by atoms with van der Waals surface area (Å²) in [5.74, 6) is -1.50. The van der Waals surface area contributed by atoms with Gasteiger partial charge in [-0.25, -0.2) is 0 Å². The van der Waals surface area contributed by atoms with E-state index >= 15 is 0 Å². The molecule has 2 atom stereocenters. The van der Waals surface area contributed by atoms with Crippen LogP contribution in [0.5, 0.6) is 34.5 Å². The summed E-state index contributed by atoms with van der Waals surface area (Å²) in [7, 11) is 0. The Kier molecular flexibility index (Phi) is 4.24. The van der Waals surface area contributed by atoms with Gasteiger partial charge in [-0.1, -0.05) is 31.7 Å². The number of phenols is 5. The van der Waals surface area contributed by atoms with Crippen LogP contribution in [0.3, 0.4) is 0 Å². The molecule has 1 spiro atoms. The van der Waals surface area contributed by atoms with Gasteiger partial charge in [0.25, 0.3) is 0 Å². The second-order valence-corrected chi connectivity index (χ2v) is 9.15. The standard InChI is InChI=1S/C24H28O6/c25-16-9-7-14(19(27)20(16)28)24-13-5-2-6-18(24)23(11-3-1-4-12-23)15-8-10-17(26)21(29)22(15)30-24/h7-10,18,25-29H,1-6,11-13H2/t18-,24+/m1/s1. The molecule has 0 radical (unpaired) electrons. The molecule has 1 aliphatic heterocycles. The van der Waals surface area contributed by atoms with Gasteiger partial charge in [-0.3, -0.25) is 0 Å². The van der Waals surface area contributed by atoms with Crippen molar-refractivity contribution in [2.24, 2.45) is 5.92 Å². The molecular formula is C24H28O6. The van der Waals surface area contributed by atoms with Gasteiger partial charge in [0.15, 0.2) is 23.0 Å². The van der Waals surface area contributed by atoms with Gasteiger partial charge >= 0.3 is 0 Å². The van der Waals surface area contributed by atoms with Crippen molar-refractivity contribution in [3.63, 3.8) is 0 Å². The predicted molar refractivity (Wildman–Crippen MR) is 110 cm³/mol. The van der Waals surface area contributed by atoms with Gasteiger partial charge in [0.05, 0.1) is 0 Å². The molecule has 6 nitrogen and oxygen atoms in total. The molecule has 5 N–H and O–H groups in total. The van der Waals surface area contributed by atoms with Crippen molar-refractivity contribution in [2.45, 2.75) is 68.8 Å². The van der Waals surface area contributed by atoms with Crippen LogP contribution in [0, 0.1) is 5.92 Å². The van der Waals surface area contributed by atoms with E-state index < -0.39 is 11.4 Å². The van der Waals surface area contributed by atoms with Crippen LogP contribution in [0.15, 0.2) is 24.3 Å². The van der Waals surface area contributed by atoms with Crippen LogP contribution >= 0.6 is 0 Å². The third-order valence-corrected chi connectivity index (χ3v) is 7.78. The Bertz CT molecular complexity index is 994. The fraction of sp³-hybridized carbons (Fsp3) is 0.500. The average Bonchev–Trinajstić information content (AvgIpc) is 2.76. The lowest BCUT2D eigenvalue weighted by molar-refractivity contribution is -0.0975. The highest BCUT2D eigenvalue weighted by Gasteiger charge is 2.60. The molecule has 0 unspecified atom stereocenters. The van der Waals surface area contributed by atoms with Crippen LogP contribution in [0.25, 0.3) is 0 Å². The van der Waals surface area contributed by atoms with Gasteiger partial charge < -0.3 is 30.3 Å². The van der Waals surface area contributed by atoms with Gasteiger partial charge in [0.2, 0.25) is 11.5 Å². The minimum absolute atomic E-state index is 0.0466. The zero-order valence-corrected chi connectivity index (χ0v) is 16.9. The van der Waals surface area contributed by atoms with Gasteiger partial charge in [-0.2, -0.15) is 0 Å². The molecule has 2 saturated carbocycles. The van der Waals surface area contributed by atoms with Crippen LogP contribution in [-0.2, 0) is 11.0 Å². The first-order chi connectivity index (χ1) is 14.4. The molecule has 0 saturated heterocycles. The smallest absolute Gasteiger partial charge is 0.200 e. The van der Waals surface area contributed by atoms with E-state index in [2.05, 4.69) is 0 Å². The molecule has 30 heavy (non-hydrogen) atoms. The monoisotopic (exact) mass is 412 g/mol. The van der Waals surface area contributed by atoms with Gasteiger partial charge in [-0.15, -0.1) is 0 Å². The molecule has 160 valence electrons. The van der Waals surface area contributed by atoms with E-state index in [1.54, 1.807) is 6.07 Å². The second-order valence-electron chi connectivity index (χ2n) is 9.15.